The summed E-state index contributed by atoms with van der Waals surface area (Å²) in [6.07, 6.45) is 0. The van der Waals surface area contributed by atoms with Gasteiger partial charge in [0.15, 0.2) is 34.9 Å². The Morgan fingerprint density at radius 3 is 0.700 bits per heavy atom. The number of aromatic nitrogens is 6. The van der Waals surface area contributed by atoms with Gasteiger partial charge in [0.1, 0.15) is 0 Å². The third-order valence-electron chi connectivity index (χ3n) is 9.22. The molecule has 0 aliphatic carbocycles. The first-order chi connectivity index (χ1) is 38.0. The van der Waals surface area contributed by atoms with E-state index in [1.54, 1.807) is 48.5 Å². The maximum atomic E-state index is 8.67. The van der Waals surface area contributed by atoms with Gasteiger partial charge in [-0.15, -0.1) is 0 Å². The van der Waals surface area contributed by atoms with Crippen molar-refractivity contribution in [1.29, 1.82) is 0 Å². The molecule has 10 rings (SSSR count). The third kappa shape index (κ3) is 7.49. The van der Waals surface area contributed by atoms with Crippen molar-refractivity contribution in [2.45, 2.75) is 0 Å². The van der Waals surface area contributed by atoms with Crippen molar-refractivity contribution >= 4 is 0 Å². The van der Waals surface area contributed by atoms with Crippen molar-refractivity contribution in [2.24, 2.45) is 0 Å². The van der Waals surface area contributed by atoms with Crippen LogP contribution in [0.1, 0.15) is 27.4 Å². The van der Waals surface area contributed by atoms with Gasteiger partial charge in [-0.25, -0.2) is 29.9 Å². The smallest absolute Gasteiger partial charge is 0.164 e. The molecule has 0 radical (unpaired) electrons. The van der Waals surface area contributed by atoms with Gasteiger partial charge in [-0.1, -0.05) is 218 Å². The summed E-state index contributed by atoms with van der Waals surface area (Å²) >= 11 is 0. The molecule has 0 unspecified atom stereocenters. The van der Waals surface area contributed by atoms with E-state index in [1.807, 2.05) is 48.5 Å². The van der Waals surface area contributed by atoms with Crippen molar-refractivity contribution in [3.63, 3.8) is 0 Å². The molecule has 8 aromatic carbocycles. The van der Waals surface area contributed by atoms with Gasteiger partial charge >= 0.3 is 0 Å². The van der Waals surface area contributed by atoms with Gasteiger partial charge in [0.25, 0.3) is 0 Å². The minimum absolute atomic E-state index is 0.0926. The molecular weight excluding hydrogens is 733 g/mol. The van der Waals surface area contributed by atoms with Crippen molar-refractivity contribution < 1.29 is 27.4 Å². The van der Waals surface area contributed by atoms with Crippen LogP contribution in [0.3, 0.4) is 0 Å². The molecule has 6 nitrogen and oxygen atoms in total. The van der Waals surface area contributed by atoms with Gasteiger partial charge in [-0.2, -0.15) is 0 Å². The predicted octanol–water partition coefficient (Wildman–Crippen LogP) is 13.1. The van der Waals surface area contributed by atoms with E-state index in [1.165, 1.54) is 0 Å². The van der Waals surface area contributed by atoms with Crippen LogP contribution in [0.4, 0.5) is 0 Å². The molecule has 282 valence electrons. The molecule has 0 saturated heterocycles. The fourth-order valence-corrected chi connectivity index (χ4v) is 6.44. The highest BCUT2D eigenvalue weighted by molar-refractivity contribution is 5.92. The molecule has 6 heteroatoms. The first-order valence-corrected chi connectivity index (χ1v) is 18.2. The summed E-state index contributed by atoms with van der Waals surface area (Å²) in [6, 6.07) is 16.1. The second-order valence-electron chi connectivity index (χ2n) is 12.9. The van der Waals surface area contributed by atoms with Crippen LogP contribution >= 0.6 is 0 Å². The van der Waals surface area contributed by atoms with E-state index in [4.69, 9.17) is 27.4 Å². The normalized spacial score (nSPS) is 15.7. The molecule has 0 fully saturated rings. The Morgan fingerprint density at radius 1 is 0.217 bits per heavy atom. The lowest BCUT2D eigenvalue weighted by Gasteiger charge is -2.15. The molecule has 10 aromatic rings. The monoisotopic (exact) mass is 788 g/mol. The molecule has 2 heterocycles. The predicted molar refractivity (Wildman–Crippen MR) is 242 cm³/mol. The first-order valence-electron chi connectivity index (χ1n) is 28.2. The van der Waals surface area contributed by atoms with E-state index >= 15 is 0 Å². The Bertz CT molecular complexity index is 3690. The average Bonchev–Trinajstić information content (AvgIpc) is 3.48. The van der Waals surface area contributed by atoms with E-state index in [0.29, 0.717) is 11.1 Å². The summed E-state index contributed by atoms with van der Waals surface area (Å²) in [5, 5.41) is 0. The summed E-state index contributed by atoms with van der Waals surface area (Å²) < 4.78 is 168. The third-order valence-corrected chi connectivity index (χ3v) is 9.22. The molecule has 0 aliphatic rings. The van der Waals surface area contributed by atoms with Gasteiger partial charge in [0.2, 0.25) is 0 Å². The minimum Gasteiger partial charge on any atom is -0.208 e. The van der Waals surface area contributed by atoms with Crippen LogP contribution in [-0.2, 0) is 0 Å². The molecule has 0 amide bonds. The summed E-state index contributed by atoms with van der Waals surface area (Å²) in [5.74, 6) is -1.75. The van der Waals surface area contributed by atoms with Crippen molar-refractivity contribution in [3.8, 4) is 102 Å². The van der Waals surface area contributed by atoms with Crippen LogP contribution in [0.2, 0.25) is 0 Å². The highest BCUT2D eigenvalue weighted by Gasteiger charge is 2.17. The quantitative estimate of drug-likeness (QED) is 0.145. The Kier molecular flexibility index (Phi) is 5.57. The fraction of sp³-hybridized carbons (Fsp3) is 0. The van der Waals surface area contributed by atoms with E-state index < -0.39 is 144 Å². The summed E-state index contributed by atoms with van der Waals surface area (Å²) in [7, 11) is 0. The molecule has 0 aliphatic heterocycles. The van der Waals surface area contributed by atoms with Crippen LogP contribution < -0.4 is 0 Å². The van der Waals surface area contributed by atoms with Gasteiger partial charge < -0.3 is 0 Å². The molecule has 0 spiro atoms. The van der Waals surface area contributed by atoms with Crippen molar-refractivity contribution in [1.82, 2.24) is 29.9 Å². The largest absolute Gasteiger partial charge is 0.208 e. The van der Waals surface area contributed by atoms with Gasteiger partial charge in [-0.3, -0.25) is 0 Å². The summed E-state index contributed by atoms with van der Waals surface area (Å²) in [5.41, 5.74) is 3.74. The Hall–Kier alpha value is -8.22. The summed E-state index contributed by atoms with van der Waals surface area (Å²) in [4.78, 5) is 26.9. The highest BCUT2D eigenvalue weighted by Crippen LogP contribution is 2.39. The second-order valence-corrected chi connectivity index (χ2v) is 12.9. The highest BCUT2D eigenvalue weighted by atomic mass is 15.0. The van der Waals surface area contributed by atoms with Crippen molar-refractivity contribution in [2.75, 3.05) is 0 Å². The van der Waals surface area contributed by atoms with E-state index in [-0.39, 0.29) is 33.9 Å². The lowest BCUT2D eigenvalue weighted by molar-refractivity contribution is 1.07. The van der Waals surface area contributed by atoms with E-state index in [2.05, 4.69) is 29.9 Å². The Labute approximate surface area is 376 Å². The summed E-state index contributed by atoms with van der Waals surface area (Å²) in [6.45, 7) is 0. The zero-order valence-electron chi connectivity index (χ0n) is 50.9. The maximum absolute atomic E-state index is 8.67. The number of hydrogen-bond donors (Lipinski definition) is 0. The van der Waals surface area contributed by atoms with Crippen molar-refractivity contribution in [3.05, 3.63) is 218 Å². The van der Waals surface area contributed by atoms with Crippen LogP contribution in [0.15, 0.2) is 218 Å². The fourth-order valence-electron chi connectivity index (χ4n) is 6.44. The Balaban J connectivity index is 1.05. The molecule has 0 saturated carbocycles. The number of nitrogens with zero attached hydrogens (tertiary/aromatic N) is 6. The van der Waals surface area contributed by atoms with E-state index in [0.717, 1.165) is 33.4 Å². The zero-order chi connectivity index (χ0) is 57.5. The van der Waals surface area contributed by atoms with Gasteiger partial charge in [0.05, 0.1) is 27.4 Å². The Morgan fingerprint density at radius 2 is 0.433 bits per heavy atom. The molecule has 0 N–H and O–H groups in total. The standard InChI is InChI=1S/C54H36N6/c1-5-17-39(18-6-1)49-55-50(40-19-7-2-8-20-40)58-53(57-49)43-33-29-37(30-34-43)45-25-13-15-27-47(45)48-28-16-14-26-46(48)38-31-35-44(36-32-38)54-59-51(41-21-9-3-10-22-41)56-52(60-54)42-23-11-4-12-24-42/h1-36H/i1D,2D,3D,4D,5D,6D,7D,8D,9D,10D,11D,12D,17D,18D,19D,20D,21D,22D,23D,24D. The lowest BCUT2D eigenvalue weighted by atomic mass is 9.89. The van der Waals surface area contributed by atoms with Crippen LogP contribution in [0.5, 0.6) is 0 Å². The number of rotatable bonds is 9. The SMILES string of the molecule is [2H]c1c([2H])c([2H])c(-c2nc(-c3ccc(-c4ccccc4-c4ccccc4-c4ccc(-c5nc(-c6c([2H])c([2H])c([2H])c([2H])c6[2H])nc(-c6c([2H])c([2H])c([2H])c([2H])c6[2H])n5)cc4)cc3)nc(-c3c([2H])c([2H])c([2H])c([2H])c3[2H])n2)c([2H])c1[2H]. The molecule has 2 aromatic heterocycles. The topological polar surface area (TPSA) is 77.3 Å². The van der Waals surface area contributed by atoms with E-state index in [9.17, 15) is 0 Å². The van der Waals surface area contributed by atoms with Crippen LogP contribution in [0.25, 0.3) is 102 Å². The molecule has 0 bridgehead atoms. The number of benzene rings is 8. The van der Waals surface area contributed by atoms with Gasteiger partial charge in [-0.05, 0) is 33.4 Å². The molecule has 0 atom stereocenters. The van der Waals surface area contributed by atoms with Crippen LogP contribution in [0, 0.1) is 0 Å². The van der Waals surface area contributed by atoms with Crippen LogP contribution in [-0.4, -0.2) is 29.9 Å². The maximum Gasteiger partial charge on any atom is 0.164 e. The second kappa shape index (κ2) is 16.3. The van der Waals surface area contributed by atoms with Gasteiger partial charge in [0, 0.05) is 33.4 Å². The molecular formula is C54H36N6. The number of hydrogen-bond acceptors (Lipinski definition) is 6. The average molecular weight is 789 g/mol. The zero-order valence-corrected chi connectivity index (χ0v) is 30.9. The minimum atomic E-state index is -0.661. The lowest BCUT2D eigenvalue weighted by Crippen LogP contribution is -2.00. The first kappa shape index (κ1) is 20.5. The molecule has 60 heavy (non-hydrogen) atoms.